The first kappa shape index (κ1) is 15.0. The van der Waals surface area contributed by atoms with Gasteiger partial charge >= 0.3 is 0 Å². The molecule has 2 N–H and O–H groups in total. The normalized spacial score (nSPS) is 30.5. The lowest BCUT2D eigenvalue weighted by atomic mass is 9.77. The quantitative estimate of drug-likeness (QED) is 0.769. The summed E-state index contributed by atoms with van der Waals surface area (Å²) in [5.74, 6) is 1.44. The highest BCUT2D eigenvalue weighted by atomic mass is 16.5. The van der Waals surface area contributed by atoms with Crippen LogP contribution in [0.1, 0.15) is 66.2 Å². The largest absolute Gasteiger partial charge is 0.372 e. The molecule has 2 heteroatoms. The van der Waals surface area contributed by atoms with Crippen molar-refractivity contribution in [3.8, 4) is 0 Å². The fourth-order valence-corrected chi connectivity index (χ4v) is 2.85. The first-order valence-corrected chi connectivity index (χ1v) is 7.40. The second kappa shape index (κ2) is 6.75. The number of ether oxygens (including phenoxy) is 1. The average molecular weight is 241 g/mol. The summed E-state index contributed by atoms with van der Waals surface area (Å²) in [6, 6.07) is 0. The SMILES string of the molecule is CCCC1CCC(CN)C(OC(C)(C)CC)C1. The van der Waals surface area contributed by atoms with Gasteiger partial charge in [-0.15, -0.1) is 0 Å². The van der Waals surface area contributed by atoms with Gasteiger partial charge in [-0.25, -0.2) is 0 Å². The highest BCUT2D eigenvalue weighted by Gasteiger charge is 2.33. The summed E-state index contributed by atoms with van der Waals surface area (Å²) in [4.78, 5) is 0. The molecule has 3 unspecified atom stereocenters. The smallest absolute Gasteiger partial charge is 0.0627 e. The third-order valence-electron chi connectivity index (χ3n) is 4.36. The number of rotatable bonds is 6. The van der Waals surface area contributed by atoms with E-state index in [-0.39, 0.29) is 5.60 Å². The molecule has 1 saturated carbocycles. The Labute approximate surface area is 107 Å². The fourth-order valence-electron chi connectivity index (χ4n) is 2.85. The molecular formula is C15H31NO. The summed E-state index contributed by atoms with van der Waals surface area (Å²) in [5, 5.41) is 0. The Morgan fingerprint density at radius 1 is 1.24 bits per heavy atom. The van der Waals surface area contributed by atoms with Crippen LogP contribution in [0.25, 0.3) is 0 Å². The number of hydrogen-bond acceptors (Lipinski definition) is 2. The molecule has 0 heterocycles. The molecule has 3 atom stereocenters. The maximum absolute atomic E-state index is 6.33. The summed E-state index contributed by atoms with van der Waals surface area (Å²) in [7, 11) is 0. The van der Waals surface area contributed by atoms with E-state index >= 15 is 0 Å². The predicted molar refractivity (Wildman–Crippen MR) is 74.0 cm³/mol. The van der Waals surface area contributed by atoms with Gasteiger partial charge in [0.05, 0.1) is 11.7 Å². The van der Waals surface area contributed by atoms with Crippen molar-refractivity contribution < 1.29 is 4.74 Å². The van der Waals surface area contributed by atoms with Gasteiger partial charge in [-0.05, 0) is 57.9 Å². The average Bonchev–Trinajstić information content (AvgIpc) is 2.29. The maximum atomic E-state index is 6.33. The summed E-state index contributed by atoms with van der Waals surface area (Å²) in [6.07, 6.45) is 7.93. The zero-order chi connectivity index (χ0) is 12.9. The molecule has 2 nitrogen and oxygen atoms in total. The van der Waals surface area contributed by atoms with E-state index in [1.54, 1.807) is 0 Å². The predicted octanol–water partition coefficient (Wildman–Crippen LogP) is 3.74. The lowest BCUT2D eigenvalue weighted by Gasteiger charge is -2.40. The molecule has 1 aliphatic carbocycles. The standard InChI is InChI=1S/C15H31NO/c1-5-7-12-8-9-13(11-16)14(10-12)17-15(3,4)6-2/h12-14H,5-11,16H2,1-4H3. The monoisotopic (exact) mass is 241 g/mol. The van der Waals surface area contributed by atoms with E-state index in [9.17, 15) is 0 Å². The molecule has 1 aliphatic rings. The number of hydrogen-bond donors (Lipinski definition) is 1. The first-order valence-electron chi connectivity index (χ1n) is 7.40. The van der Waals surface area contributed by atoms with Gasteiger partial charge < -0.3 is 10.5 Å². The molecule has 0 spiro atoms. The van der Waals surface area contributed by atoms with Crippen molar-refractivity contribution >= 4 is 0 Å². The van der Waals surface area contributed by atoms with Crippen molar-refractivity contribution in [2.45, 2.75) is 77.9 Å². The van der Waals surface area contributed by atoms with E-state index in [1.165, 1.54) is 32.1 Å². The summed E-state index contributed by atoms with van der Waals surface area (Å²) in [5.41, 5.74) is 5.90. The molecule has 0 aromatic carbocycles. The van der Waals surface area contributed by atoms with Crippen LogP contribution in [0.3, 0.4) is 0 Å². The van der Waals surface area contributed by atoms with Gasteiger partial charge in [-0.2, -0.15) is 0 Å². The molecule has 102 valence electrons. The van der Waals surface area contributed by atoms with Crippen molar-refractivity contribution in [2.75, 3.05) is 6.54 Å². The molecule has 0 aromatic rings. The highest BCUT2D eigenvalue weighted by molar-refractivity contribution is 4.84. The molecule has 17 heavy (non-hydrogen) atoms. The van der Waals surface area contributed by atoms with Crippen molar-refractivity contribution in [3.63, 3.8) is 0 Å². The summed E-state index contributed by atoms with van der Waals surface area (Å²) in [6.45, 7) is 9.65. The van der Waals surface area contributed by atoms with Crippen LogP contribution in [0.4, 0.5) is 0 Å². The van der Waals surface area contributed by atoms with Crippen molar-refractivity contribution in [3.05, 3.63) is 0 Å². The van der Waals surface area contributed by atoms with Crippen LogP contribution in [-0.2, 0) is 4.74 Å². The van der Waals surface area contributed by atoms with Crippen LogP contribution in [0.2, 0.25) is 0 Å². The lowest BCUT2D eigenvalue weighted by Crippen LogP contribution is -2.41. The van der Waals surface area contributed by atoms with Crippen LogP contribution < -0.4 is 5.73 Å². The molecule has 0 bridgehead atoms. The summed E-state index contributed by atoms with van der Waals surface area (Å²) < 4.78 is 6.33. The van der Waals surface area contributed by atoms with Gasteiger partial charge in [0.2, 0.25) is 0 Å². The Morgan fingerprint density at radius 2 is 1.94 bits per heavy atom. The molecular weight excluding hydrogens is 210 g/mol. The second-order valence-electron chi connectivity index (χ2n) is 6.23. The minimum atomic E-state index is 0.00614. The van der Waals surface area contributed by atoms with E-state index in [2.05, 4.69) is 27.7 Å². The molecule has 0 aliphatic heterocycles. The molecule has 1 rings (SSSR count). The Balaban J connectivity index is 2.57. The van der Waals surface area contributed by atoms with Crippen LogP contribution in [0.5, 0.6) is 0 Å². The van der Waals surface area contributed by atoms with Gasteiger partial charge in [0, 0.05) is 0 Å². The Bertz CT molecular complexity index is 215. The highest BCUT2D eigenvalue weighted by Crippen LogP contribution is 2.35. The van der Waals surface area contributed by atoms with Crippen LogP contribution in [-0.4, -0.2) is 18.2 Å². The summed E-state index contributed by atoms with van der Waals surface area (Å²) >= 11 is 0. The van der Waals surface area contributed by atoms with E-state index in [0.29, 0.717) is 12.0 Å². The zero-order valence-corrected chi connectivity index (χ0v) is 12.2. The van der Waals surface area contributed by atoms with Crippen molar-refractivity contribution in [1.29, 1.82) is 0 Å². The Kier molecular flexibility index (Phi) is 5.94. The van der Waals surface area contributed by atoms with Crippen LogP contribution in [0, 0.1) is 11.8 Å². The zero-order valence-electron chi connectivity index (χ0n) is 12.2. The maximum Gasteiger partial charge on any atom is 0.0627 e. The first-order chi connectivity index (χ1) is 8.02. The minimum absolute atomic E-state index is 0.00614. The van der Waals surface area contributed by atoms with Gasteiger partial charge in [-0.3, -0.25) is 0 Å². The van der Waals surface area contributed by atoms with E-state index < -0.39 is 0 Å². The third-order valence-corrected chi connectivity index (χ3v) is 4.36. The molecule has 1 fully saturated rings. The third kappa shape index (κ3) is 4.59. The molecule has 0 saturated heterocycles. The van der Waals surface area contributed by atoms with E-state index in [0.717, 1.165) is 18.9 Å². The minimum Gasteiger partial charge on any atom is -0.372 e. The van der Waals surface area contributed by atoms with Crippen LogP contribution in [0.15, 0.2) is 0 Å². The number of nitrogens with two attached hydrogens (primary N) is 1. The fraction of sp³-hybridized carbons (Fsp3) is 1.00. The van der Waals surface area contributed by atoms with Gasteiger partial charge in [0.1, 0.15) is 0 Å². The molecule has 0 radical (unpaired) electrons. The lowest BCUT2D eigenvalue weighted by molar-refractivity contribution is -0.116. The Morgan fingerprint density at radius 3 is 2.47 bits per heavy atom. The second-order valence-corrected chi connectivity index (χ2v) is 6.23. The van der Waals surface area contributed by atoms with Gasteiger partial charge in [-0.1, -0.05) is 26.7 Å². The molecule has 0 aromatic heterocycles. The topological polar surface area (TPSA) is 35.2 Å². The van der Waals surface area contributed by atoms with Crippen LogP contribution >= 0.6 is 0 Å². The van der Waals surface area contributed by atoms with Crippen molar-refractivity contribution in [1.82, 2.24) is 0 Å². The van der Waals surface area contributed by atoms with Gasteiger partial charge in [0.25, 0.3) is 0 Å². The van der Waals surface area contributed by atoms with E-state index in [1.807, 2.05) is 0 Å². The van der Waals surface area contributed by atoms with Gasteiger partial charge in [0.15, 0.2) is 0 Å². The Hall–Kier alpha value is -0.0800. The van der Waals surface area contributed by atoms with E-state index in [4.69, 9.17) is 10.5 Å². The molecule has 0 amide bonds. The van der Waals surface area contributed by atoms with Crippen molar-refractivity contribution in [2.24, 2.45) is 17.6 Å².